The summed E-state index contributed by atoms with van der Waals surface area (Å²) in [6.45, 7) is 0.830. The smallest absolute Gasteiger partial charge is 0.242 e. The minimum Gasteiger partial charge on any atom is -0.391 e. The molecule has 0 radical (unpaired) electrons. The lowest BCUT2D eigenvalue weighted by Gasteiger charge is -2.10. The molecule has 1 aromatic rings. The minimum atomic E-state index is -3.50. The number of hydrogen-bond acceptors (Lipinski definition) is 5. The molecule has 0 saturated carbocycles. The highest BCUT2D eigenvalue weighted by Crippen LogP contribution is 2.31. The number of likely N-dealkylation sites (N-methyl/N-ethyl adjacent to an activating group) is 1. The maximum Gasteiger partial charge on any atom is 0.242 e. The summed E-state index contributed by atoms with van der Waals surface area (Å²) in [6, 6.07) is 1.48. The Morgan fingerprint density at radius 3 is 2.65 bits per heavy atom. The predicted octanol–water partition coefficient (Wildman–Crippen LogP) is 0.843. The quantitative estimate of drug-likeness (QED) is 0.803. The fourth-order valence-corrected chi connectivity index (χ4v) is 4.70. The molecule has 1 rings (SSSR count). The first kappa shape index (κ1) is 15.1. The van der Waals surface area contributed by atoms with E-state index in [1.165, 1.54) is 17.4 Å². The molecule has 2 N–H and O–H groups in total. The van der Waals surface area contributed by atoms with Crippen molar-refractivity contribution < 1.29 is 13.5 Å². The van der Waals surface area contributed by atoms with E-state index in [0.29, 0.717) is 21.8 Å². The Hall–Kier alpha value is 0.01000. The maximum atomic E-state index is 11.9. The second kappa shape index (κ2) is 6.26. The molecule has 0 bridgehead atoms. The van der Waals surface area contributed by atoms with E-state index in [0.717, 1.165) is 0 Å². The molecule has 98 valence electrons. The highest BCUT2D eigenvalue weighted by molar-refractivity contribution is 9.11. The Morgan fingerprint density at radius 2 is 2.18 bits per heavy atom. The van der Waals surface area contributed by atoms with Gasteiger partial charge in [-0.1, -0.05) is 0 Å². The van der Waals surface area contributed by atoms with E-state index in [1.54, 1.807) is 0 Å². The molecule has 0 amide bonds. The van der Waals surface area contributed by atoms with Crippen LogP contribution < -0.4 is 4.72 Å². The Kier molecular flexibility index (Phi) is 5.55. The third-order valence-electron chi connectivity index (χ3n) is 2.00. The standard InChI is InChI=1S/C9H15BrN2O3S2/c1-12(2)4-3-11-17(14,15)8-5-7(6-13)16-9(8)10/h5,11,13H,3-4,6H2,1-2H3. The van der Waals surface area contributed by atoms with Crippen LogP contribution in [0.1, 0.15) is 4.88 Å². The monoisotopic (exact) mass is 342 g/mol. The van der Waals surface area contributed by atoms with Gasteiger partial charge in [-0.2, -0.15) is 0 Å². The van der Waals surface area contributed by atoms with Crippen LogP contribution in [0.3, 0.4) is 0 Å². The zero-order valence-electron chi connectivity index (χ0n) is 9.60. The number of hydrogen-bond donors (Lipinski definition) is 2. The number of aliphatic hydroxyl groups is 1. The number of nitrogens with one attached hydrogen (secondary N) is 1. The highest BCUT2D eigenvalue weighted by Gasteiger charge is 2.20. The van der Waals surface area contributed by atoms with Gasteiger partial charge < -0.3 is 10.0 Å². The van der Waals surface area contributed by atoms with Crippen LogP contribution in [0.15, 0.2) is 14.7 Å². The fraction of sp³-hybridized carbons (Fsp3) is 0.556. The van der Waals surface area contributed by atoms with Crippen LogP contribution in [0.2, 0.25) is 0 Å². The third kappa shape index (κ3) is 4.31. The molecular weight excluding hydrogens is 328 g/mol. The predicted molar refractivity (Wildman–Crippen MR) is 71.7 cm³/mol. The average Bonchev–Trinajstić information content (AvgIpc) is 2.59. The van der Waals surface area contributed by atoms with E-state index in [2.05, 4.69) is 20.7 Å². The van der Waals surface area contributed by atoms with Crippen molar-refractivity contribution in [2.24, 2.45) is 0 Å². The molecule has 0 aliphatic carbocycles. The summed E-state index contributed by atoms with van der Waals surface area (Å²) in [6.07, 6.45) is 0. The molecule has 0 aromatic carbocycles. The molecular formula is C9H15BrN2O3S2. The van der Waals surface area contributed by atoms with Crippen molar-refractivity contribution in [3.05, 3.63) is 14.7 Å². The van der Waals surface area contributed by atoms with Crippen LogP contribution in [-0.4, -0.2) is 45.6 Å². The number of thiophene rings is 1. The molecule has 0 fully saturated rings. The van der Waals surface area contributed by atoms with Crippen LogP contribution in [0.5, 0.6) is 0 Å². The van der Waals surface area contributed by atoms with Crippen LogP contribution in [0.25, 0.3) is 0 Å². The molecule has 1 heterocycles. The first-order valence-corrected chi connectivity index (χ1v) is 7.99. The van der Waals surface area contributed by atoms with E-state index in [9.17, 15) is 8.42 Å². The molecule has 0 unspecified atom stereocenters. The summed E-state index contributed by atoms with van der Waals surface area (Å²) in [5, 5.41) is 8.96. The van der Waals surface area contributed by atoms with Crippen molar-refractivity contribution in [3.8, 4) is 0 Å². The molecule has 17 heavy (non-hydrogen) atoms. The summed E-state index contributed by atoms with van der Waals surface area (Å²) >= 11 is 4.41. The van der Waals surface area contributed by atoms with Gasteiger partial charge in [0.05, 0.1) is 10.4 Å². The van der Waals surface area contributed by atoms with E-state index in [1.807, 2.05) is 19.0 Å². The first-order valence-electron chi connectivity index (χ1n) is 4.90. The third-order valence-corrected chi connectivity index (χ3v) is 5.70. The summed E-state index contributed by atoms with van der Waals surface area (Å²) in [5.74, 6) is 0. The van der Waals surface area contributed by atoms with Gasteiger partial charge in [-0.25, -0.2) is 13.1 Å². The summed E-state index contributed by atoms with van der Waals surface area (Å²) in [7, 11) is 0.247. The lowest BCUT2D eigenvalue weighted by atomic mass is 10.5. The van der Waals surface area contributed by atoms with Gasteiger partial charge in [-0.3, -0.25) is 0 Å². The van der Waals surface area contributed by atoms with E-state index < -0.39 is 10.0 Å². The van der Waals surface area contributed by atoms with Gasteiger partial charge in [-0.15, -0.1) is 11.3 Å². The molecule has 0 atom stereocenters. The molecule has 0 saturated heterocycles. The van der Waals surface area contributed by atoms with Gasteiger partial charge in [0.1, 0.15) is 4.90 Å². The van der Waals surface area contributed by atoms with Gasteiger partial charge in [0.25, 0.3) is 0 Å². The van der Waals surface area contributed by atoms with Crippen molar-refractivity contribution in [2.45, 2.75) is 11.5 Å². The molecule has 0 spiro atoms. The Labute approximate surface area is 114 Å². The number of rotatable bonds is 6. The second-order valence-electron chi connectivity index (χ2n) is 3.71. The summed E-state index contributed by atoms with van der Waals surface area (Å²) in [4.78, 5) is 2.69. The SMILES string of the molecule is CN(C)CCNS(=O)(=O)c1cc(CO)sc1Br. The minimum absolute atomic E-state index is 0.156. The molecule has 5 nitrogen and oxygen atoms in total. The average molecular weight is 343 g/mol. The fourth-order valence-electron chi connectivity index (χ4n) is 1.14. The van der Waals surface area contributed by atoms with Crippen molar-refractivity contribution in [3.63, 3.8) is 0 Å². The van der Waals surface area contributed by atoms with E-state index >= 15 is 0 Å². The van der Waals surface area contributed by atoms with Gasteiger partial charge >= 0.3 is 0 Å². The zero-order chi connectivity index (χ0) is 13.1. The molecule has 1 aromatic heterocycles. The number of sulfonamides is 1. The van der Waals surface area contributed by atoms with Crippen molar-refractivity contribution >= 4 is 37.3 Å². The van der Waals surface area contributed by atoms with Crippen molar-refractivity contribution in [1.82, 2.24) is 9.62 Å². The number of halogens is 1. The Morgan fingerprint density at radius 1 is 1.53 bits per heavy atom. The van der Waals surface area contributed by atoms with Crippen molar-refractivity contribution in [1.29, 1.82) is 0 Å². The Bertz CT molecular complexity index is 471. The van der Waals surface area contributed by atoms with Gasteiger partial charge in [0, 0.05) is 18.0 Å². The number of aliphatic hydroxyl groups excluding tert-OH is 1. The lowest BCUT2D eigenvalue weighted by Crippen LogP contribution is -2.31. The summed E-state index contributed by atoms with van der Waals surface area (Å²) < 4.78 is 26.9. The van der Waals surface area contributed by atoms with Crippen molar-refractivity contribution in [2.75, 3.05) is 27.2 Å². The van der Waals surface area contributed by atoms with Gasteiger partial charge in [0.2, 0.25) is 10.0 Å². The van der Waals surface area contributed by atoms with E-state index in [4.69, 9.17) is 5.11 Å². The Balaban J connectivity index is 2.78. The largest absolute Gasteiger partial charge is 0.391 e. The normalized spacial score (nSPS) is 12.3. The van der Waals surface area contributed by atoms with Gasteiger partial charge in [-0.05, 0) is 36.1 Å². The first-order chi connectivity index (χ1) is 7.86. The van der Waals surface area contributed by atoms with Gasteiger partial charge in [0.15, 0.2) is 0 Å². The van der Waals surface area contributed by atoms with Crippen LogP contribution in [0.4, 0.5) is 0 Å². The highest BCUT2D eigenvalue weighted by atomic mass is 79.9. The second-order valence-corrected chi connectivity index (χ2v) is 7.90. The molecule has 0 aliphatic heterocycles. The topological polar surface area (TPSA) is 69.6 Å². The molecule has 8 heteroatoms. The molecule has 0 aliphatic rings. The van der Waals surface area contributed by atoms with Crippen LogP contribution in [0, 0.1) is 0 Å². The number of nitrogens with zero attached hydrogens (tertiary/aromatic N) is 1. The van der Waals surface area contributed by atoms with Crippen LogP contribution in [-0.2, 0) is 16.6 Å². The maximum absolute atomic E-state index is 11.9. The zero-order valence-corrected chi connectivity index (χ0v) is 12.8. The lowest BCUT2D eigenvalue weighted by molar-refractivity contribution is 0.285. The van der Waals surface area contributed by atoms with Crippen LogP contribution >= 0.6 is 27.3 Å². The summed E-state index contributed by atoms with van der Waals surface area (Å²) in [5.41, 5.74) is 0. The van der Waals surface area contributed by atoms with E-state index in [-0.39, 0.29) is 11.5 Å².